The highest BCUT2D eigenvalue weighted by Gasteiger charge is 2.28. The second-order valence-electron chi connectivity index (χ2n) is 5.59. The van der Waals surface area contributed by atoms with Crippen molar-refractivity contribution in [1.29, 1.82) is 0 Å². The number of nitrogens with one attached hydrogen (secondary N) is 1. The maximum absolute atomic E-state index is 12.4. The summed E-state index contributed by atoms with van der Waals surface area (Å²) < 4.78 is 24.8. The molecule has 0 aliphatic heterocycles. The van der Waals surface area contributed by atoms with Crippen molar-refractivity contribution < 1.29 is 8.42 Å². The standard InChI is InChI=1S/C15H22ClNO2S/c1-17-15(12-6-2-3-7-12)11-20(18,19)10-13-8-4-5-9-14(13)16/h4-5,8-9,12,15,17H,2-3,6-7,10-11H2,1H3. The summed E-state index contributed by atoms with van der Waals surface area (Å²) in [4.78, 5) is 0. The van der Waals surface area contributed by atoms with Crippen LogP contribution in [0.4, 0.5) is 0 Å². The lowest BCUT2D eigenvalue weighted by atomic mass is 10.0. The summed E-state index contributed by atoms with van der Waals surface area (Å²) in [6, 6.07) is 7.21. The highest BCUT2D eigenvalue weighted by Crippen LogP contribution is 2.29. The minimum atomic E-state index is -3.15. The fraction of sp³-hybridized carbons (Fsp3) is 0.600. The van der Waals surface area contributed by atoms with Gasteiger partial charge in [-0.05, 0) is 37.4 Å². The summed E-state index contributed by atoms with van der Waals surface area (Å²) in [6.45, 7) is 0. The molecule has 0 amide bonds. The molecule has 112 valence electrons. The lowest BCUT2D eigenvalue weighted by Crippen LogP contribution is -2.39. The van der Waals surface area contributed by atoms with Crippen LogP contribution in [-0.4, -0.2) is 27.3 Å². The van der Waals surface area contributed by atoms with Crippen LogP contribution in [0.25, 0.3) is 0 Å². The Morgan fingerprint density at radius 3 is 2.55 bits per heavy atom. The Morgan fingerprint density at radius 2 is 1.95 bits per heavy atom. The van der Waals surface area contributed by atoms with E-state index in [-0.39, 0.29) is 17.5 Å². The quantitative estimate of drug-likeness (QED) is 0.877. The smallest absolute Gasteiger partial charge is 0.156 e. The molecular formula is C15H22ClNO2S. The van der Waals surface area contributed by atoms with Crippen LogP contribution in [0.5, 0.6) is 0 Å². The summed E-state index contributed by atoms with van der Waals surface area (Å²) in [7, 11) is -1.30. The first-order chi connectivity index (χ1) is 9.52. The zero-order valence-electron chi connectivity index (χ0n) is 11.8. The van der Waals surface area contributed by atoms with Crippen LogP contribution in [0.3, 0.4) is 0 Å². The monoisotopic (exact) mass is 315 g/mol. The van der Waals surface area contributed by atoms with Crippen LogP contribution >= 0.6 is 11.6 Å². The third-order valence-electron chi connectivity index (χ3n) is 4.11. The highest BCUT2D eigenvalue weighted by molar-refractivity contribution is 7.90. The van der Waals surface area contributed by atoms with Crippen LogP contribution in [-0.2, 0) is 15.6 Å². The summed E-state index contributed by atoms with van der Waals surface area (Å²) in [5.74, 6) is 0.706. The van der Waals surface area contributed by atoms with E-state index in [1.54, 1.807) is 12.1 Å². The van der Waals surface area contributed by atoms with E-state index in [9.17, 15) is 8.42 Å². The van der Waals surface area contributed by atoms with E-state index in [1.165, 1.54) is 12.8 Å². The number of benzene rings is 1. The average Bonchev–Trinajstić information content (AvgIpc) is 2.92. The van der Waals surface area contributed by atoms with Crippen LogP contribution in [0.1, 0.15) is 31.2 Å². The normalized spacial score (nSPS) is 18.3. The predicted molar refractivity (Wildman–Crippen MR) is 83.7 cm³/mol. The Balaban J connectivity index is 2.04. The molecule has 1 aromatic rings. The Hall–Kier alpha value is -0.580. The van der Waals surface area contributed by atoms with E-state index in [0.717, 1.165) is 12.8 Å². The minimum Gasteiger partial charge on any atom is -0.316 e. The average molecular weight is 316 g/mol. The predicted octanol–water partition coefficient (Wildman–Crippen LogP) is 3.03. The van der Waals surface area contributed by atoms with Crippen molar-refractivity contribution in [3.8, 4) is 0 Å². The van der Waals surface area contributed by atoms with E-state index in [1.807, 2.05) is 19.2 Å². The van der Waals surface area contributed by atoms with Crippen molar-refractivity contribution in [2.75, 3.05) is 12.8 Å². The molecule has 1 fully saturated rings. The summed E-state index contributed by atoms with van der Waals surface area (Å²) in [5.41, 5.74) is 0.690. The Morgan fingerprint density at radius 1 is 1.30 bits per heavy atom. The molecule has 20 heavy (non-hydrogen) atoms. The van der Waals surface area contributed by atoms with Crippen molar-refractivity contribution in [3.05, 3.63) is 34.9 Å². The van der Waals surface area contributed by atoms with Crippen LogP contribution < -0.4 is 5.32 Å². The van der Waals surface area contributed by atoms with Crippen molar-refractivity contribution in [2.45, 2.75) is 37.5 Å². The van der Waals surface area contributed by atoms with E-state index in [2.05, 4.69) is 5.32 Å². The van der Waals surface area contributed by atoms with E-state index in [0.29, 0.717) is 16.5 Å². The second-order valence-corrected chi connectivity index (χ2v) is 8.10. The molecule has 5 heteroatoms. The Labute approximate surface area is 126 Å². The molecule has 0 bridgehead atoms. The van der Waals surface area contributed by atoms with Gasteiger partial charge in [0, 0.05) is 11.1 Å². The van der Waals surface area contributed by atoms with E-state index < -0.39 is 9.84 Å². The van der Waals surface area contributed by atoms with Gasteiger partial charge in [0.25, 0.3) is 0 Å². The third-order valence-corrected chi connectivity index (χ3v) is 6.09. The van der Waals surface area contributed by atoms with Crippen molar-refractivity contribution in [2.24, 2.45) is 5.92 Å². The van der Waals surface area contributed by atoms with Crippen LogP contribution in [0.2, 0.25) is 5.02 Å². The van der Waals surface area contributed by atoms with Gasteiger partial charge in [-0.15, -0.1) is 0 Å². The molecule has 0 radical (unpaired) electrons. The molecule has 1 saturated carbocycles. The number of hydrogen-bond acceptors (Lipinski definition) is 3. The van der Waals surface area contributed by atoms with E-state index >= 15 is 0 Å². The number of rotatable bonds is 6. The first-order valence-electron chi connectivity index (χ1n) is 7.13. The van der Waals surface area contributed by atoms with Gasteiger partial charge in [0.15, 0.2) is 9.84 Å². The molecule has 3 nitrogen and oxygen atoms in total. The third kappa shape index (κ3) is 4.21. The summed E-state index contributed by atoms with van der Waals surface area (Å²) >= 11 is 6.05. The van der Waals surface area contributed by atoms with Gasteiger partial charge in [0.2, 0.25) is 0 Å². The second kappa shape index (κ2) is 6.92. The Kier molecular flexibility index (Phi) is 5.47. The maximum Gasteiger partial charge on any atom is 0.156 e. The number of sulfone groups is 1. The number of halogens is 1. The molecule has 0 spiro atoms. The molecule has 2 rings (SSSR count). The summed E-state index contributed by atoms with van der Waals surface area (Å²) in [6.07, 6.45) is 4.70. The van der Waals surface area contributed by atoms with Gasteiger partial charge >= 0.3 is 0 Å². The van der Waals surface area contributed by atoms with Crippen LogP contribution in [0, 0.1) is 5.92 Å². The fourth-order valence-electron chi connectivity index (χ4n) is 3.00. The first-order valence-corrected chi connectivity index (χ1v) is 9.33. The number of hydrogen-bond donors (Lipinski definition) is 1. The van der Waals surface area contributed by atoms with Crippen LogP contribution in [0.15, 0.2) is 24.3 Å². The van der Waals surface area contributed by atoms with Crippen molar-refractivity contribution >= 4 is 21.4 Å². The lowest BCUT2D eigenvalue weighted by molar-refractivity contribution is 0.404. The minimum absolute atomic E-state index is 0.0254. The topological polar surface area (TPSA) is 46.2 Å². The molecule has 1 atom stereocenters. The molecule has 1 aliphatic carbocycles. The van der Waals surface area contributed by atoms with Gasteiger partial charge in [-0.25, -0.2) is 8.42 Å². The van der Waals surface area contributed by atoms with Crippen molar-refractivity contribution in [3.63, 3.8) is 0 Å². The van der Waals surface area contributed by atoms with Gasteiger partial charge in [-0.2, -0.15) is 0 Å². The molecule has 1 aromatic carbocycles. The van der Waals surface area contributed by atoms with Gasteiger partial charge in [0.05, 0.1) is 11.5 Å². The fourth-order valence-corrected chi connectivity index (χ4v) is 5.11. The molecule has 0 aromatic heterocycles. The molecule has 1 N–H and O–H groups in total. The summed E-state index contributed by atoms with van der Waals surface area (Å²) in [5, 5.41) is 3.71. The van der Waals surface area contributed by atoms with Crippen molar-refractivity contribution in [1.82, 2.24) is 5.32 Å². The molecule has 1 aliphatic rings. The Bertz CT molecular complexity index is 539. The lowest BCUT2D eigenvalue weighted by Gasteiger charge is -2.22. The van der Waals surface area contributed by atoms with Gasteiger partial charge in [0.1, 0.15) is 0 Å². The molecule has 1 unspecified atom stereocenters. The zero-order valence-corrected chi connectivity index (χ0v) is 13.4. The van der Waals surface area contributed by atoms with Gasteiger partial charge in [-0.1, -0.05) is 42.6 Å². The molecule has 0 saturated heterocycles. The van der Waals surface area contributed by atoms with Gasteiger partial charge < -0.3 is 5.32 Å². The van der Waals surface area contributed by atoms with Gasteiger partial charge in [-0.3, -0.25) is 0 Å². The molecular weight excluding hydrogens is 294 g/mol. The largest absolute Gasteiger partial charge is 0.316 e. The SMILES string of the molecule is CNC(CS(=O)(=O)Cc1ccccc1Cl)C1CCCC1. The first kappa shape index (κ1) is 15.8. The molecule has 0 heterocycles. The highest BCUT2D eigenvalue weighted by atomic mass is 35.5. The zero-order chi connectivity index (χ0) is 14.6. The maximum atomic E-state index is 12.4. The van der Waals surface area contributed by atoms with E-state index in [4.69, 9.17) is 11.6 Å².